The van der Waals surface area contributed by atoms with Crippen molar-refractivity contribution in [1.29, 1.82) is 0 Å². The van der Waals surface area contributed by atoms with Crippen molar-refractivity contribution in [2.24, 2.45) is 0 Å². The molecule has 0 unspecified atom stereocenters. The van der Waals surface area contributed by atoms with Gasteiger partial charge in [0.15, 0.2) is 0 Å². The van der Waals surface area contributed by atoms with Gasteiger partial charge in [-0.25, -0.2) is 12.8 Å². The third-order valence-corrected chi connectivity index (χ3v) is 8.30. The molecular weight excluding hydrogens is 573 g/mol. The first-order valence-electron chi connectivity index (χ1n) is 14.0. The minimum absolute atomic E-state index is 0.0482. The summed E-state index contributed by atoms with van der Waals surface area (Å²) in [6.07, 6.45) is 0.289. The summed E-state index contributed by atoms with van der Waals surface area (Å²) in [6, 6.07) is 16.9. The van der Waals surface area contributed by atoms with E-state index >= 15 is 0 Å². The van der Waals surface area contributed by atoms with E-state index in [0.717, 1.165) is 34.1 Å². The van der Waals surface area contributed by atoms with Gasteiger partial charge in [-0.05, 0) is 100 Å². The Balaban J connectivity index is 2.07. The van der Waals surface area contributed by atoms with E-state index in [0.29, 0.717) is 18.1 Å². The highest BCUT2D eigenvalue weighted by Crippen LogP contribution is 2.27. The minimum Gasteiger partial charge on any atom is -0.497 e. The first-order valence-corrected chi connectivity index (χ1v) is 15.5. The fraction of sp³-hybridized carbons (Fsp3) is 0.375. The number of carbonyl (C=O) groups is 2. The summed E-state index contributed by atoms with van der Waals surface area (Å²) < 4.78 is 53.2. The number of rotatable bonds is 13. The van der Waals surface area contributed by atoms with Gasteiger partial charge in [-0.3, -0.25) is 13.9 Å². The highest BCUT2D eigenvalue weighted by molar-refractivity contribution is 7.92. The zero-order valence-electron chi connectivity index (χ0n) is 25.5. The molecule has 232 valence electrons. The van der Waals surface area contributed by atoms with Crippen molar-refractivity contribution in [1.82, 2.24) is 10.2 Å². The third kappa shape index (κ3) is 8.93. The molecule has 1 N–H and O–H groups in total. The molecule has 1 atom stereocenters. The van der Waals surface area contributed by atoms with Crippen molar-refractivity contribution in [3.63, 3.8) is 0 Å². The molecule has 43 heavy (non-hydrogen) atoms. The average Bonchev–Trinajstić information content (AvgIpc) is 2.96. The summed E-state index contributed by atoms with van der Waals surface area (Å²) >= 11 is 0. The van der Waals surface area contributed by atoms with E-state index in [9.17, 15) is 22.4 Å². The van der Waals surface area contributed by atoms with Crippen LogP contribution in [-0.2, 0) is 26.2 Å². The van der Waals surface area contributed by atoms with Gasteiger partial charge >= 0.3 is 0 Å². The summed E-state index contributed by atoms with van der Waals surface area (Å²) in [5, 5.41) is 2.94. The number of nitrogens with one attached hydrogen (secondary N) is 1. The van der Waals surface area contributed by atoms with Gasteiger partial charge in [0.25, 0.3) is 10.0 Å². The summed E-state index contributed by atoms with van der Waals surface area (Å²) in [5.41, 5.74) is 0.377. The molecule has 0 bridgehead atoms. The summed E-state index contributed by atoms with van der Waals surface area (Å²) in [4.78, 5) is 28.8. The Bertz CT molecular complexity index is 1470. The number of amides is 2. The van der Waals surface area contributed by atoms with Crippen molar-refractivity contribution in [3.8, 4) is 11.5 Å². The second-order valence-electron chi connectivity index (χ2n) is 10.9. The SMILES string of the molecule is CCOc1ccc(N(CC(=O)N(Cc2ccc(OC)cc2)[C@@H](CC)C(=O)NC(C)(C)C)S(=O)(=O)c2ccc(F)cc2)cc1. The number of benzene rings is 3. The first-order chi connectivity index (χ1) is 20.3. The van der Waals surface area contributed by atoms with Gasteiger partial charge in [0, 0.05) is 12.1 Å². The van der Waals surface area contributed by atoms with Crippen LogP contribution in [0.5, 0.6) is 11.5 Å². The van der Waals surface area contributed by atoms with Gasteiger partial charge in [0.2, 0.25) is 11.8 Å². The standard InChI is InChI=1S/C32H40FN3O6S/c1-7-29(31(38)34-32(3,4)5)35(21-23-9-15-26(41-6)16-10-23)30(37)22-36(25-13-17-27(18-14-25)42-8-2)43(39,40)28-19-11-24(33)12-20-28/h9-20,29H,7-8,21-22H2,1-6H3,(H,34,38)/t29-/m0/s1. The van der Waals surface area contributed by atoms with Crippen LogP contribution in [0, 0.1) is 5.82 Å². The molecule has 0 saturated carbocycles. The molecule has 0 aliphatic heterocycles. The van der Waals surface area contributed by atoms with Crippen LogP contribution in [0.15, 0.2) is 77.7 Å². The smallest absolute Gasteiger partial charge is 0.264 e. The van der Waals surface area contributed by atoms with Crippen LogP contribution in [0.3, 0.4) is 0 Å². The zero-order chi connectivity index (χ0) is 31.8. The maximum Gasteiger partial charge on any atom is 0.264 e. The highest BCUT2D eigenvalue weighted by Gasteiger charge is 2.34. The fourth-order valence-corrected chi connectivity index (χ4v) is 5.85. The summed E-state index contributed by atoms with van der Waals surface area (Å²) in [7, 11) is -2.78. The van der Waals surface area contributed by atoms with E-state index in [1.165, 1.54) is 17.0 Å². The first kappa shape index (κ1) is 33.4. The topological polar surface area (TPSA) is 105 Å². The summed E-state index contributed by atoms with van der Waals surface area (Å²) in [6.45, 7) is 9.01. The van der Waals surface area contributed by atoms with E-state index < -0.39 is 39.9 Å². The molecule has 3 aromatic carbocycles. The number of sulfonamides is 1. The number of anilines is 1. The van der Waals surface area contributed by atoms with Crippen molar-refractivity contribution in [2.45, 2.75) is 64.1 Å². The molecule has 0 heterocycles. The molecule has 0 aromatic heterocycles. The molecule has 0 spiro atoms. The predicted molar refractivity (Wildman–Crippen MR) is 164 cm³/mol. The molecular formula is C32H40FN3O6S. The van der Waals surface area contributed by atoms with Crippen molar-refractivity contribution in [2.75, 3.05) is 24.6 Å². The van der Waals surface area contributed by atoms with Crippen LogP contribution in [0.4, 0.5) is 10.1 Å². The summed E-state index contributed by atoms with van der Waals surface area (Å²) in [5.74, 6) is -0.380. The van der Waals surface area contributed by atoms with Crippen LogP contribution < -0.4 is 19.1 Å². The van der Waals surface area contributed by atoms with Crippen molar-refractivity contribution >= 4 is 27.5 Å². The minimum atomic E-state index is -4.33. The van der Waals surface area contributed by atoms with Gasteiger partial charge < -0.3 is 19.7 Å². The van der Waals surface area contributed by atoms with Crippen LogP contribution in [0.25, 0.3) is 0 Å². The quantitative estimate of drug-likeness (QED) is 0.286. The van der Waals surface area contributed by atoms with E-state index in [2.05, 4.69) is 5.32 Å². The Hall–Kier alpha value is -4.12. The molecule has 0 aliphatic carbocycles. The predicted octanol–water partition coefficient (Wildman–Crippen LogP) is 5.15. The van der Waals surface area contributed by atoms with Crippen molar-refractivity contribution in [3.05, 3.63) is 84.2 Å². The molecule has 11 heteroatoms. The number of nitrogens with zero attached hydrogens (tertiary/aromatic N) is 2. The molecule has 0 saturated heterocycles. The van der Waals surface area contributed by atoms with E-state index in [1.54, 1.807) is 50.4 Å². The van der Waals surface area contributed by atoms with Crippen LogP contribution in [0.2, 0.25) is 0 Å². The molecule has 3 rings (SSSR count). The lowest BCUT2D eigenvalue weighted by Crippen LogP contribution is -2.55. The Labute approximate surface area is 253 Å². The Morgan fingerprint density at radius 2 is 1.49 bits per heavy atom. The van der Waals surface area contributed by atoms with Crippen LogP contribution in [0.1, 0.15) is 46.6 Å². The van der Waals surface area contributed by atoms with Gasteiger partial charge in [0.1, 0.15) is 29.9 Å². The molecule has 0 radical (unpaired) electrons. The van der Waals surface area contributed by atoms with Gasteiger partial charge in [-0.1, -0.05) is 19.1 Å². The van der Waals surface area contributed by atoms with E-state index in [-0.39, 0.29) is 29.5 Å². The largest absolute Gasteiger partial charge is 0.497 e. The number of hydrogen-bond acceptors (Lipinski definition) is 6. The maximum absolute atomic E-state index is 14.2. The number of ether oxygens (including phenoxy) is 2. The van der Waals surface area contributed by atoms with Gasteiger partial charge in [-0.15, -0.1) is 0 Å². The van der Waals surface area contributed by atoms with Gasteiger partial charge in [-0.2, -0.15) is 0 Å². The monoisotopic (exact) mass is 613 g/mol. The second-order valence-corrected chi connectivity index (χ2v) is 12.8. The third-order valence-electron chi connectivity index (χ3n) is 6.51. The lowest BCUT2D eigenvalue weighted by Gasteiger charge is -2.34. The lowest BCUT2D eigenvalue weighted by molar-refractivity contribution is -0.141. The molecule has 2 amide bonds. The molecule has 3 aromatic rings. The second kappa shape index (κ2) is 14.4. The number of halogens is 1. The number of methoxy groups -OCH3 is 1. The highest BCUT2D eigenvalue weighted by atomic mass is 32.2. The molecule has 0 aliphatic rings. The molecule has 9 nitrogen and oxygen atoms in total. The normalized spacial score (nSPS) is 12.3. The Morgan fingerprint density at radius 3 is 2.00 bits per heavy atom. The Morgan fingerprint density at radius 1 is 0.907 bits per heavy atom. The number of carbonyl (C=O) groups excluding carboxylic acids is 2. The van der Waals surface area contributed by atoms with Crippen LogP contribution in [-0.4, -0.2) is 57.0 Å². The van der Waals surface area contributed by atoms with E-state index in [4.69, 9.17) is 9.47 Å². The lowest BCUT2D eigenvalue weighted by atomic mass is 10.1. The molecule has 0 fully saturated rings. The van der Waals surface area contributed by atoms with Crippen molar-refractivity contribution < 1.29 is 31.9 Å². The maximum atomic E-state index is 14.2. The fourth-order valence-electron chi connectivity index (χ4n) is 4.44. The van der Waals surface area contributed by atoms with Crippen LogP contribution >= 0.6 is 0 Å². The van der Waals surface area contributed by atoms with E-state index in [1.807, 2.05) is 27.7 Å². The Kier molecular flexibility index (Phi) is 11.2. The number of hydrogen-bond donors (Lipinski definition) is 1. The average molecular weight is 614 g/mol. The zero-order valence-corrected chi connectivity index (χ0v) is 26.3. The van der Waals surface area contributed by atoms with Gasteiger partial charge in [0.05, 0.1) is 24.3 Å².